The molecule has 3 rings (SSSR count). The zero-order valence-electron chi connectivity index (χ0n) is 11.4. The molecule has 1 aromatic rings. The molecule has 0 spiro atoms. The van der Waals surface area contributed by atoms with Gasteiger partial charge in [-0.05, 0) is 26.7 Å². The molecule has 2 heterocycles. The lowest BCUT2D eigenvalue weighted by molar-refractivity contribution is 0.102. The maximum Gasteiger partial charge on any atom is 0.113 e. The van der Waals surface area contributed by atoms with E-state index in [1.165, 1.54) is 30.0 Å². The standard InChI is InChI=1S/C14H23N3S/c1-14(2,17-8-6-15-7-9-17)13-16-12(10-18-13)11-4-3-5-11/h10-11,15H,3-9H2,1-2H3. The summed E-state index contributed by atoms with van der Waals surface area (Å²) in [6.07, 6.45) is 4.08. The molecule has 3 nitrogen and oxygen atoms in total. The molecule has 1 aliphatic heterocycles. The van der Waals surface area contributed by atoms with Gasteiger partial charge >= 0.3 is 0 Å². The smallest absolute Gasteiger partial charge is 0.113 e. The van der Waals surface area contributed by atoms with Gasteiger partial charge in [0.2, 0.25) is 0 Å². The Labute approximate surface area is 114 Å². The number of nitrogens with zero attached hydrogens (tertiary/aromatic N) is 2. The van der Waals surface area contributed by atoms with Gasteiger partial charge < -0.3 is 5.32 Å². The molecule has 1 saturated heterocycles. The quantitative estimate of drug-likeness (QED) is 0.910. The maximum absolute atomic E-state index is 4.94. The topological polar surface area (TPSA) is 28.2 Å². The van der Waals surface area contributed by atoms with Crippen molar-refractivity contribution in [1.82, 2.24) is 15.2 Å². The highest BCUT2D eigenvalue weighted by molar-refractivity contribution is 7.09. The Balaban J connectivity index is 1.76. The van der Waals surface area contributed by atoms with Crippen LogP contribution in [-0.2, 0) is 5.54 Å². The van der Waals surface area contributed by atoms with Crippen molar-refractivity contribution in [3.8, 4) is 0 Å². The first-order chi connectivity index (χ1) is 8.68. The number of piperazine rings is 1. The predicted octanol–water partition coefficient (Wildman–Crippen LogP) is 2.55. The van der Waals surface area contributed by atoms with Gasteiger partial charge in [-0.3, -0.25) is 4.90 Å². The summed E-state index contributed by atoms with van der Waals surface area (Å²) < 4.78 is 0. The second-order valence-corrected chi connectivity index (χ2v) is 6.86. The van der Waals surface area contributed by atoms with Crippen LogP contribution in [0.2, 0.25) is 0 Å². The van der Waals surface area contributed by atoms with Crippen LogP contribution < -0.4 is 5.32 Å². The third-order valence-corrected chi connectivity index (χ3v) is 5.65. The second-order valence-electron chi connectivity index (χ2n) is 6.00. The summed E-state index contributed by atoms with van der Waals surface area (Å²) in [7, 11) is 0. The molecule has 4 heteroatoms. The van der Waals surface area contributed by atoms with Gasteiger partial charge in [0.1, 0.15) is 5.01 Å². The molecule has 1 aromatic heterocycles. The van der Waals surface area contributed by atoms with Crippen molar-refractivity contribution in [2.45, 2.75) is 44.6 Å². The Hall–Kier alpha value is -0.450. The van der Waals surface area contributed by atoms with Gasteiger partial charge in [0.15, 0.2) is 0 Å². The molecule has 1 saturated carbocycles. The van der Waals surface area contributed by atoms with Gasteiger partial charge in [-0.2, -0.15) is 0 Å². The molecule has 0 unspecified atom stereocenters. The van der Waals surface area contributed by atoms with Crippen molar-refractivity contribution < 1.29 is 0 Å². The first-order valence-electron chi connectivity index (χ1n) is 7.09. The molecule has 100 valence electrons. The number of nitrogens with one attached hydrogen (secondary N) is 1. The minimum Gasteiger partial charge on any atom is -0.314 e. The summed E-state index contributed by atoms with van der Waals surface area (Å²) in [5.41, 5.74) is 1.44. The van der Waals surface area contributed by atoms with Crippen molar-refractivity contribution in [3.63, 3.8) is 0 Å². The van der Waals surface area contributed by atoms with E-state index in [0.717, 1.165) is 32.1 Å². The van der Waals surface area contributed by atoms with Crippen LogP contribution in [0.3, 0.4) is 0 Å². The SMILES string of the molecule is CC(C)(c1nc(C2CCC2)cs1)N1CCNCC1. The average molecular weight is 265 g/mol. The molecule has 1 aliphatic carbocycles. The minimum atomic E-state index is 0.0920. The van der Waals surface area contributed by atoms with E-state index in [9.17, 15) is 0 Å². The first kappa shape index (κ1) is 12.6. The van der Waals surface area contributed by atoms with Gasteiger partial charge in [-0.25, -0.2) is 4.98 Å². The Kier molecular flexibility index (Phi) is 3.43. The fourth-order valence-corrected chi connectivity index (χ4v) is 3.87. The lowest BCUT2D eigenvalue weighted by Gasteiger charge is -2.39. The fraction of sp³-hybridized carbons (Fsp3) is 0.786. The van der Waals surface area contributed by atoms with E-state index in [0.29, 0.717) is 0 Å². The number of hydrogen-bond acceptors (Lipinski definition) is 4. The highest BCUT2D eigenvalue weighted by Gasteiger charge is 2.33. The summed E-state index contributed by atoms with van der Waals surface area (Å²) in [6, 6.07) is 0. The van der Waals surface area contributed by atoms with Gasteiger partial charge in [0.25, 0.3) is 0 Å². The van der Waals surface area contributed by atoms with Gasteiger partial charge in [-0.1, -0.05) is 6.42 Å². The summed E-state index contributed by atoms with van der Waals surface area (Å²) in [5, 5.41) is 7.01. The van der Waals surface area contributed by atoms with Crippen molar-refractivity contribution in [3.05, 3.63) is 16.1 Å². The van der Waals surface area contributed by atoms with E-state index in [1.807, 2.05) is 11.3 Å². The highest BCUT2D eigenvalue weighted by Crippen LogP contribution is 2.39. The first-order valence-corrected chi connectivity index (χ1v) is 7.97. The third-order valence-electron chi connectivity index (χ3n) is 4.48. The molecular weight excluding hydrogens is 242 g/mol. The van der Waals surface area contributed by atoms with Crippen LogP contribution in [-0.4, -0.2) is 36.1 Å². The number of aromatic nitrogens is 1. The van der Waals surface area contributed by atoms with Crippen molar-refractivity contribution in [2.75, 3.05) is 26.2 Å². The Morgan fingerprint density at radius 3 is 2.67 bits per heavy atom. The van der Waals surface area contributed by atoms with Crippen LogP contribution >= 0.6 is 11.3 Å². The lowest BCUT2D eigenvalue weighted by atomic mass is 9.83. The Morgan fingerprint density at radius 2 is 2.06 bits per heavy atom. The van der Waals surface area contributed by atoms with E-state index in [-0.39, 0.29) is 5.54 Å². The number of hydrogen-bond donors (Lipinski definition) is 1. The molecule has 18 heavy (non-hydrogen) atoms. The van der Waals surface area contributed by atoms with Gasteiger partial charge in [-0.15, -0.1) is 11.3 Å². The van der Waals surface area contributed by atoms with Crippen LogP contribution in [0.25, 0.3) is 0 Å². The summed E-state index contributed by atoms with van der Waals surface area (Å²) in [4.78, 5) is 7.50. The predicted molar refractivity (Wildman–Crippen MR) is 76.2 cm³/mol. The number of rotatable bonds is 3. The molecule has 0 bridgehead atoms. The Bertz CT molecular complexity index is 403. The van der Waals surface area contributed by atoms with Crippen LogP contribution in [0.4, 0.5) is 0 Å². The van der Waals surface area contributed by atoms with Crippen molar-refractivity contribution >= 4 is 11.3 Å². The Morgan fingerprint density at radius 1 is 1.33 bits per heavy atom. The minimum absolute atomic E-state index is 0.0920. The maximum atomic E-state index is 4.94. The zero-order valence-corrected chi connectivity index (χ0v) is 12.2. The van der Waals surface area contributed by atoms with E-state index in [4.69, 9.17) is 4.98 Å². The molecule has 0 radical (unpaired) electrons. The van der Waals surface area contributed by atoms with Crippen LogP contribution in [0.1, 0.15) is 49.7 Å². The van der Waals surface area contributed by atoms with Crippen molar-refractivity contribution in [2.24, 2.45) is 0 Å². The van der Waals surface area contributed by atoms with E-state index in [2.05, 4.69) is 29.4 Å². The molecule has 0 atom stereocenters. The zero-order chi connectivity index (χ0) is 12.6. The summed E-state index contributed by atoms with van der Waals surface area (Å²) in [5.74, 6) is 0.758. The van der Waals surface area contributed by atoms with E-state index in [1.54, 1.807) is 0 Å². The molecule has 1 N–H and O–H groups in total. The molecule has 2 fully saturated rings. The fourth-order valence-electron chi connectivity index (χ4n) is 2.82. The summed E-state index contributed by atoms with van der Waals surface area (Å²) in [6.45, 7) is 9.11. The van der Waals surface area contributed by atoms with E-state index < -0.39 is 0 Å². The van der Waals surface area contributed by atoms with Crippen molar-refractivity contribution in [1.29, 1.82) is 0 Å². The van der Waals surface area contributed by atoms with Crippen LogP contribution in [0.15, 0.2) is 5.38 Å². The van der Waals surface area contributed by atoms with Crippen LogP contribution in [0.5, 0.6) is 0 Å². The lowest BCUT2D eigenvalue weighted by Crippen LogP contribution is -2.51. The van der Waals surface area contributed by atoms with E-state index >= 15 is 0 Å². The second kappa shape index (κ2) is 4.91. The summed E-state index contributed by atoms with van der Waals surface area (Å²) >= 11 is 1.85. The highest BCUT2D eigenvalue weighted by atomic mass is 32.1. The largest absolute Gasteiger partial charge is 0.314 e. The van der Waals surface area contributed by atoms with Crippen LogP contribution in [0, 0.1) is 0 Å². The molecule has 2 aliphatic rings. The molecular formula is C14H23N3S. The van der Waals surface area contributed by atoms with Gasteiger partial charge in [0, 0.05) is 37.5 Å². The number of thiazole rings is 1. The monoisotopic (exact) mass is 265 g/mol. The molecule has 0 amide bonds. The normalized spacial score (nSPS) is 23.0. The third kappa shape index (κ3) is 2.22. The molecule has 0 aromatic carbocycles. The average Bonchev–Trinajstić information content (AvgIpc) is 2.78. The van der Waals surface area contributed by atoms with Gasteiger partial charge in [0.05, 0.1) is 11.2 Å².